The van der Waals surface area contributed by atoms with E-state index in [-0.39, 0.29) is 31.8 Å². The van der Waals surface area contributed by atoms with Crippen LogP contribution in [-0.4, -0.2) is 41.7 Å². The van der Waals surface area contributed by atoms with Crippen LogP contribution in [0.1, 0.15) is 24.0 Å². The Morgan fingerprint density at radius 1 is 1.07 bits per heavy atom. The van der Waals surface area contributed by atoms with E-state index in [1.807, 2.05) is 30.3 Å². The van der Waals surface area contributed by atoms with Crippen molar-refractivity contribution in [1.82, 2.24) is 10.2 Å². The summed E-state index contributed by atoms with van der Waals surface area (Å²) < 4.78 is 41.6. The zero-order chi connectivity index (χ0) is 20.9. The molecule has 4 nitrogen and oxygen atoms in total. The molecule has 0 aliphatic carbocycles. The maximum atomic E-state index is 13.9. The number of aryl methyl sites for hydroxylation is 1. The molecular formula is C22H25F3N2O2. The summed E-state index contributed by atoms with van der Waals surface area (Å²) in [5, 5.41) is 11.8. The number of benzene rings is 2. The predicted molar refractivity (Wildman–Crippen MR) is 104 cm³/mol. The van der Waals surface area contributed by atoms with E-state index in [0.717, 1.165) is 11.1 Å². The van der Waals surface area contributed by atoms with Crippen LogP contribution in [0.3, 0.4) is 0 Å². The highest BCUT2D eigenvalue weighted by Gasteiger charge is 2.62. The van der Waals surface area contributed by atoms with Gasteiger partial charge < -0.3 is 10.4 Å². The topological polar surface area (TPSA) is 52.6 Å². The lowest BCUT2D eigenvalue weighted by Crippen LogP contribution is -2.52. The second-order valence-corrected chi connectivity index (χ2v) is 7.55. The van der Waals surface area contributed by atoms with E-state index in [2.05, 4.69) is 5.32 Å². The number of likely N-dealkylation sites (tertiary alicyclic amines) is 1. The largest absolute Gasteiger partial charge is 0.508 e. The molecule has 0 aromatic heterocycles. The molecule has 1 atom stereocenters. The molecule has 0 spiro atoms. The minimum Gasteiger partial charge on any atom is -0.508 e. The Labute approximate surface area is 168 Å². The van der Waals surface area contributed by atoms with Crippen molar-refractivity contribution in [3.8, 4) is 5.75 Å². The van der Waals surface area contributed by atoms with Gasteiger partial charge in [-0.15, -0.1) is 0 Å². The number of aromatic hydroxyl groups is 1. The third kappa shape index (κ3) is 5.09. The monoisotopic (exact) mass is 406 g/mol. The maximum absolute atomic E-state index is 13.9. The second-order valence-electron chi connectivity index (χ2n) is 7.55. The first-order valence-electron chi connectivity index (χ1n) is 9.69. The van der Waals surface area contributed by atoms with Gasteiger partial charge in [-0.2, -0.15) is 13.2 Å². The molecule has 0 radical (unpaired) electrons. The number of alkyl halides is 3. The van der Waals surface area contributed by atoms with Gasteiger partial charge in [-0.3, -0.25) is 9.69 Å². The average molecular weight is 406 g/mol. The number of amides is 1. The predicted octanol–water partition coefficient (Wildman–Crippen LogP) is 3.90. The molecule has 3 rings (SSSR count). The molecule has 1 amide bonds. The van der Waals surface area contributed by atoms with Crippen molar-refractivity contribution in [1.29, 1.82) is 0 Å². The quantitative estimate of drug-likeness (QED) is 0.686. The highest BCUT2D eigenvalue weighted by atomic mass is 19.4. The van der Waals surface area contributed by atoms with Crippen molar-refractivity contribution in [2.45, 2.75) is 32.0 Å². The fraction of sp³-hybridized carbons (Fsp3) is 0.409. The van der Waals surface area contributed by atoms with Crippen LogP contribution in [0.4, 0.5) is 13.2 Å². The Morgan fingerprint density at radius 3 is 2.41 bits per heavy atom. The Bertz CT molecular complexity index is 809. The summed E-state index contributed by atoms with van der Waals surface area (Å²) in [4.78, 5) is 14.3. The first-order chi connectivity index (χ1) is 13.8. The minimum atomic E-state index is -4.60. The van der Waals surface area contributed by atoms with Crippen molar-refractivity contribution >= 4 is 5.91 Å². The number of phenols is 1. The molecule has 1 aliphatic heterocycles. The van der Waals surface area contributed by atoms with Gasteiger partial charge in [-0.1, -0.05) is 42.5 Å². The van der Waals surface area contributed by atoms with E-state index >= 15 is 0 Å². The van der Waals surface area contributed by atoms with E-state index in [0.29, 0.717) is 19.4 Å². The number of nitrogens with one attached hydrogen (secondary N) is 1. The minimum absolute atomic E-state index is 0.162. The van der Waals surface area contributed by atoms with Gasteiger partial charge in [0.1, 0.15) is 5.75 Å². The first kappa shape index (κ1) is 21.2. The molecule has 0 bridgehead atoms. The van der Waals surface area contributed by atoms with E-state index in [1.54, 1.807) is 29.2 Å². The molecule has 1 fully saturated rings. The van der Waals surface area contributed by atoms with Gasteiger partial charge in [0, 0.05) is 19.6 Å². The van der Waals surface area contributed by atoms with Crippen LogP contribution in [0.2, 0.25) is 0 Å². The zero-order valence-corrected chi connectivity index (χ0v) is 16.1. The van der Waals surface area contributed by atoms with Gasteiger partial charge in [0.15, 0.2) is 5.41 Å². The maximum Gasteiger partial charge on any atom is 0.404 e. The number of phenolic OH excluding ortho intramolecular Hbond substituents is 1. The summed E-state index contributed by atoms with van der Waals surface area (Å²) in [6, 6.07) is 15.9. The molecular weight excluding hydrogens is 381 g/mol. The van der Waals surface area contributed by atoms with Crippen molar-refractivity contribution in [3.63, 3.8) is 0 Å². The van der Waals surface area contributed by atoms with Gasteiger partial charge in [-0.25, -0.2) is 0 Å². The normalized spacial score (nSPS) is 20.0. The van der Waals surface area contributed by atoms with Gasteiger partial charge >= 0.3 is 6.18 Å². The summed E-state index contributed by atoms with van der Waals surface area (Å²) in [5.41, 5.74) is -0.474. The summed E-state index contributed by atoms with van der Waals surface area (Å²) >= 11 is 0. The number of rotatable bonds is 7. The van der Waals surface area contributed by atoms with Crippen LogP contribution in [0.5, 0.6) is 5.75 Å². The SMILES string of the molecule is O=C(NCCCc1ccc(O)cc1)C1(C(F)(F)F)CCN(Cc2ccccc2)C1. The van der Waals surface area contributed by atoms with E-state index < -0.39 is 17.5 Å². The highest BCUT2D eigenvalue weighted by molar-refractivity contribution is 5.84. The summed E-state index contributed by atoms with van der Waals surface area (Å²) in [7, 11) is 0. The fourth-order valence-electron chi connectivity index (χ4n) is 3.74. The Hall–Kier alpha value is -2.54. The fourth-order valence-corrected chi connectivity index (χ4v) is 3.74. The molecule has 2 aromatic rings. The summed E-state index contributed by atoms with van der Waals surface area (Å²) in [6.07, 6.45) is -3.69. The average Bonchev–Trinajstić information content (AvgIpc) is 3.12. The number of nitrogens with zero attached hydrogens (tertiary/aromatic N) is 1. The summed E-state index contributed by atoms with van der Waals surface area (Å²) in [5.74, 6) is -0.776. The lowest BCUT2D eigenvalue weighted by atomic mass is 9.85. The number of carbonyl (C=O) groups is 1. The lowest BCUT2D eigenvalue weighted by molar-refractivity contribution is -0.218. The molecule has 1 aliphatic rings. The molecule has 1 saturated heterocycles. The second kappa shape index (κ2) is 8.86. The van der Waals surface area contributed by atoms with Crippen molar-refractivity contribution in [3.05, 3.63) is 65.7 Å². The van der Waals surface area contributed by atoms with Gasteiger partial charge in [0.05, 0.1) is 0 Å². The molecule has 29 heavy (non-hydrogen) atoms. The number of hydrogen-bond acceptors (Lipinski definition) is 3. The van der Waals surface area contributed by atoms with E-state index in [9.17, 15) is 23.1 Å². The van der Waals surface area contributed by atoms with Crippen LogP contribution in [0.25, 0.3) is 0 Å². The van der Waals surface area contributed by atoms with Gasteiger partial charge in [-0.05, 0) is 49.1 Å². The van der Waals surface area contributed by atoms with Crippen LogP contribution in [-0.2, 0) is 17.8 Å². The molecule has 7 heteroatoms. The molecule has 0 saturated carbocycles. The standard InChI is InChI=1S/C22H25F3N2O2/c23-22(24,25)21(12-14-27(16-21)15-18-5-2-1-3-6-18)20(29)26-13-4-7-17-8-10-19(28)11-9-17/h1-3,5-6,8-11,28H,4,7,12-16H2,(H,26,29). The van der Waals surface area contributed by atoms with E-state index in [4.69, 9.17) is 0 Å². The number of halogens is 3. The molecule has 1 heterocycles. The highest BCUT2D eigenvalue weighted by Crippen LogP contribution is 2.46. The van der Waals surface area contributed by atoms with E-state index in [1.165, 1.54) is 0 Å². The molecule has 1 unspecified atom stereocenters. The Morgan fingerprint density at radius 2 is 1.76 bits per heavy atom. The van der Waals surface area contributed by atoms with Gasteiger partial charge in [0.25, 0.3) is 0 Å². The number of hydrogen-bond donors (Lipinski definition) is 2. The summed E-state index contributed by atoms with van der Waals surface area (Å²) in [6.45, 7) is 0.480. The molecule has 2 N–H and O–H groups in total. The van der Waals surface area contributed by atoms with Crippen molar-refractivity contribution < 1.29 is 23.1 Å². The lowest BCUT2D eigenvalue weighted by Gasteiger charge is -2.30. The number of carbonyl (C=O) groups excluding carboxylic acids is 1. The smallest absolute Gasteiger partial charge is 0.404 e. The zero-order valence-electron chi connectivity index (χ0n) is 16.1. The first-order valence-corrected chi connectivity index (χ1v) is 9.69. The molecule has 2 aromatic carbocycles. The van der Waals surface area contributed by atoms with Crippen LogP contribution >= 0.6 is 0 Å². The van der Waals surface area contributed by atoms with Crippen molar-refractivity contribution in [2.75, 3.05) is 19.6 Å². The van der Waals surface area contributed by atoms with Crippen LogP contribution in [0, 0.1) is 5.41 Å². The Balaban J connectivity index is 1.56. The third-order valence-corrected chi connectivity index (χ3v) is 5.44. The third-order valence-electron chi connectivity index (χ3n) is 5.44. The van der Waals surface area contributed by atoms with Crippen LogP contribution in [0.15, 0.2) is 54.6 Å². The molecule has 156 valence electrons. The van der Waals surface area contributed by atoms with Crippen molar-refractivity contribution in [2.24, 2.45) is 5.41 Å². The Kier molecular flexibility index (Phi) is 6.47. The van der Waals surface area contributed by atoms with Gasteiger partial charge in [0.2, 0.25) is 5.91 Å². The van der Waals surface area contributed by atoms with Crippen LogP contribution < -0.4 is 5.32 Å².